The average molecular weight is 371 g/mol. The van der Waals surface area contributed by atoms with E-state index in [0.29, 0.717) is 0 Å². The van der Waals surface area contributed by atoms with Crippen LogP contribution in [0.25, 0.3) is 0 Å². The third kappa shape index (κ3) is 5.61. The van der Waals surface area contributed by atoms with Crippen LogP contribution in [0.2, 0.25) is 0 Å². The molecule has 0 atom stereocenters. The molecular weight excluding hydrogens is 346 g/mol. The zero-order valence-corrected chi connectivity index (χ0v) is 16.0. The highest BCUT2D eigenvalue weighted by molar-refractivity contribution is 8.00. The number of benzene rings is 2. The maximum Gasteiger partial charge on any atom is 0.123 e. The Morgan fingerprint density at radius 1 is 0.885 bits per heavy atom. The van der Waals surface area contributed by atoms with Gasteiger partial charge in [0, 0.05) is 0 Å². The molecule has 0 saturated heterocycles. The Morgan fingerprint density at radius 3 is 1.73 bits per heavy atom. The first-order valence-electron chi connectivity index (χ1n) is 8.39. The number of terminal acetylenes is 1. The zero-order valence-electron chi connectivity index (χ0n) is 15.2. The second-order valence-electron chi connectivity index (χ2n) is 5.43. The van der Waals surface area contributed by atoms with Gasteiger partial charge in [-0.25, -0.2) is 8.78 Å². The predicted molar refractivity (Wildman–Crippen MR) is 110 cm³/mol. The molecule has 0 radical (unpaired) electrons. The molecule has 0 amide bonds. The number of rotatable bonds is 7. The summed E-state index contributed by atoms with van der Waals surface area (Å²) in [7, 11) is 0. The van der Waals surface area contributed by atoms with E-state index in [1.807, 2.05) is 49.4 Å². The molecule has 0 aliphatic carbocycles. The highest BCUT2D eigenvalue weighted by Crippen LogP contribution is 2.46. The van der Waals surface area contributed by atoms with Crippen LogP contribution in [0.15, 0.2) is 72.8 Å². The topological polar surface area (TPSA) is 0 Å². The van der Waals surface area contributed by atoms with Gasteiger partial charge < -0.3 is 0 Å². The van der Waals surface area contributed by atoms with Crippen LogP contribution in [-0.2, 0) is 4.75 Å². The SMILES string of the molecule is C#C.C/C=C\C=C/CC(SCC)(c1ccc(F)cc1)c1ccc(F)cc1. The van der Waals surface area contributed by atoms with E-state index in [0.717, 1.165) is 23.3 Å². The van der Waals surface area contributed by atoms with Crippen molar-refractivity contribution in [2.45, 2.75) is 25.0 Å². The lowest BCUT2D eigenvalue weighted by Gasteiger charge is -2.33. The van der Waals surface area contributed by atoms with E-state index < -0.39 is 0 Å². The second-order valence-corrected chi connectivity index (χ2v) is 6.99. The van der Waals surface area contributed by atoms with E-state index in [4.69, 9.17) is 0 Å². The van der Waals surface area contributed by atoms with Crippen molar-refractivity contribution in [3.05, 3.63) is 95.6 Å². The molecule has 136 valence electrons. The Kier molecular flexibility index (Phi) is 9.47. The maximum absolute atomic E-state index is 13.4. The Bertz CT molecular complexity index is 680. The fraction of sp³-hybridized carbons (Fsp3) is 0.217. The van der Waals surface area contributed by atoms with Gasteiger partial charge in [0.15, 0.2) is 0 Å². The Hall–Kier alpha value is -2.31. The molecule has 2 rings (SSSR count). The lowest BCUT2D eigenvalue weighted by molar-refractivity contribution is 0.622. The zero-order chi connectivity index (χ0) is 19.4. The highest BCUT2D eigenvalue weighted by Gasteiger charge is 2.33. The molecule has 2 aromatic carbocycles. The van der Waals surface area contributed by atoms with Crippen molar-refractivity contribution in [3.63, 3.8) is 0 Å². The minimum atomic E-state index is -0.367. The fourth-order valence-corrected chi connectivity index (χ4v) is 4.05. The van der Waals surface area contributed by atoms with Crippen LogP contribution in [-0.4, -0.2) is 5.75 Å². The molecule has 3 heteroatoms. The predicted octanol–water partition coefficient (Wildman–Crippen LogP) is 6.73. The van der Waals surface area contributed by atoms with Gasteiger partial charge in [0.05, 0.1) is 4.75 Å². The van der Waals surface area contributed by atoms with Crippen molar-refractivity contribution in [2.75, 3.05) is 5.75 Å². The summed E-state index contributed by atoms with van der Waals surface area (Å²) in [6.45, 7) is 4.07. The van der Waals surface area contributed by atoms with E-state index in [9.17, 15) is 8.78 Å². The van der Waals surface area contributed by atoms with Crippen molar-refractivity contribution >= 4 is 11.8 Å². The summed E-state index contributed by atoms with van der Waals surface area (Å²) >= 11 is 1.78. The summed E-state index contributed by atoms with van der Waals surface area (Å²) in [5, 5.41) is 0. The summed E-state index contributed by atoms with van der Waals surface area (Å²) in [6, 6.07) is 13.2. The molecule has 0 unspecified atom stereocenters. The molecule has 0 saturated carbocycles. The smallest absolute Gasteiger partial charge is 0.123 e. The lowest BCUT2D eigenvalue weighted by atomic mass is 9.87. The summed E-state index contributed by atoms with van der Waals surface area (Å²) < 4.78 is 26.4. The molecule has 0 fully saturated rings. The van der Waals surface area contributed by atoms with Crippen molar-refractivity contribution in [3.8, 4) is 12.8 Å². The van der Waals surface area contributed by atoms with Crippen LogP contribution in [0, 0.1) is 24.5 Å². The summed E-state index contributed by atoms with van der Waals surface area (Å²) in [4.78, 5) is 0. The molecular formula is C23H24F2S. The van der Waals surface area contributed by atoms with E-state index in [2.05, 4.69) is 25.8 Å². The minimum Gasteiger partial charge on any atom is -0.207 e. The van der Waals surface area contributed by atoms with Crippen LogP contribution >= 0.6 is 11.8 Å². The van der Waals surface area contributed by atoms with Gasteiger partial charge >= 0.3 is 0 Å². The summed E-state index contributed by atoms with van der Waals surface area (Å²) in [6.07, 6.45) is 16.8. The first-order valence-corrected chi connectivity index (χ1v) is 9.38. The van der Waals surface area contributed by atoms with Crippen LogP contribution in [0.3, 0.4) is 0 Å². The van der Waals surface area contributed by atoms with Crippen molar-refractivity contribution in [2.24, 2.45) is 0 Å². The maximum atomic E-state index is 13.4. The molecule has 0 nitrogen and oxygen atoms in total. The Labute approximate surface area is 160 Å². The fourth-order valence-electron chi connectivity index (χ4n) is 2.74. The number of allylic oxidation sites excluding steroid dienone is 4. The molecule has 0 spiro atoms. The van der Waals surface area contributed by atoms with Gasteiger partial charge in [0.1, 0.15) is 11.6 Å². The van der Waals surface area contributed by atoms with E-state index in [-0.39, 0.29) is 16.4 Å². The summed E-state index contributed by atoms with van der Waals surface area (Å²) in [5.41, 5.74) is 2.04. The van der Waals surface area contributed by atoms with E-state index in [1.54, 1.807) is 11.8 Å². The standard InChI is InChI=1S/C21H22F2S.C2H2/c1-3-5-6-7-16-21(24-4-2,17-8-12-19(22)13-9-17)18-10-14-20(23)15-11-18;1-2/h3,5-15H,4,16H2,1-2H3;1-2H/b5-3-,7-6-;. The lowest BCUT2D eigenvalue weighted by Crippen LogP contribution is -2.23. The molecule has 0 aliphatic heterocycles. The quantitative estimate of drug-likeness (QED) is 0.384. The normalized spacial score (nSPS) is 11.5. The highest BCUT2D eigenvalue weighted by atomic mass is 32.2. The van der Waals surface area contributed by atoms with E-state index in [1.165, 1.54) is 24.3 Å². The van der Waals surface area contributed by atoms with Crippen LogP contribution in [0.4, 0.5) is 8.78 Å². The van der Waals surface area contributed by atoms with Crippen LogP contribution in [0.5, 0.6) is 0 Å². The number of halogens is 2. The molecule has 0 bridgehead atoms. The molecule has 26 heavy (non-hydrogen) atoms. The van der Waals surface area contributed by atoms with Crippen LogP contribution < -0.4 is 0 Å². The molecule has 2 aromatic rings. The molecule has 0 heterocycles. The van der Waals surface area contributed by atoms with Gasteiger partial charge in [0.25, 0.3) is 0 Å². The summed E-state index contributed by atoms with van der Waals surface area (Å²) in [5.74, 6) is 0.391. The van der Waals surface area contributed by atoms with Crippen LogP contribution in [0.1, 0.15) is 31.4 Å². The first-order chi connectivity index (χ1) is 12.6. The monoisotopic (exact) mass is 370 g/mol. The van der Waals surface area contributed by atoms with Gasteiger partial charge in [-0.3, -0.25) is 0 Å². The second kappa shape index (κ2) is 11.3. The van der Waals surface area contributed by atoms with Gasteiger partial charge in [0.2, 0.25) is 0 Å². The molecule has 0 aliphatic rings. The Balaban J connectivity index is 0.00000163. The third-order valence-corrected chi connectivity index (χ3v) is 5.28. The van der Waals surface area contributed by atoms with Crippen molar-refractivity contribution in [1.82, 2.24) is 0 Å². The largest absolute Gasteiger partial charge is 0.207 e. The van der Waals surface area contributed by atoms with Crippen molar-refractivity contribution in [1.29, 1.82) is 0 Å². The van der Waals surface area contributed by atoms with Gasteiger partial charge in [-0.15, -0.1) is 24.6 Å². The first kappa shape index (κ1) is 21.7. The average Bonchev–Trinajstić information content (AvgIpc) is 2.67. The Morgan fingerprint density at radius 2 is 1.35 bits per heavy atom. The molecule has 0 aromatic heterocycles. The van der Waals surface area contributed by atoms with Crippen molar-refractivity contribution < 1.29 is 8.78 Å². The molecule has 0 N–H and O–H groups in total. The number of thioether (sulfide) groups is 1. The number of hydrogen-bond donors (Lipinski definition) is 0. The van der Waals surface area contributed by atoms with Gasteiger partial charge in [-0.05, 0) is 54.5 Å². The van der Waals surface area contributed by atoms with Gasteiger partial charge in [-0.1, -0.05) is 55.5 Å². The minimum absolute atomic E-state index is 0.252. The van der Waals surface area contributed by atoms with Gasteiger partial charge in [-0.2, -0.15) is 0 Å². The van der Waals surface area contributed by atoms with E-state index >= 15 is 0 Å². The number of hydrogen-bond acceptors (Lipinski definition) is 1. The third-order valence-electron chi connectivity index (χ3n) is 3.86.